The summed E-state index contributed by atoms with van der Waals surface area (Å²) in [6, 6.07) is 0. The topological polar surface area (TPSA) is 91.0 Å². The van der Waals surface area contributed by atoms with E-state index in [0.29, 0.717) is 0 Å². The Hall–Kier alpha value is -0.950. The summed E-state index contributed by atoms with van der Waals surface area (Å²) < 4.78 is 19.9. The second-order valence-corrected chi connectivity index (χ2v) is 4.24. The molecule has 0 saturated carbocycles. The number of hydrogen-bond donors (Lipinski definition) is 1. The second-order valence-electron chi connectivity index (χ2n) is 3.00. The van der Waals surface area contributed by atoms with Crippen LogP contribution in [0.4, 0.5) is 4.79 Å². The molecule has 7 heteroatoms. The average Bonchev–Trinajstić information content (AvgIpc) is 2.18. The summed E-state index contributed by atoms with van der Waals surface area (Å²) in [4.78, 5) is 12.3. The van der Waals surface area contributed by atoms with Crippen LogP contribution >= 0.6 is 0 Å². The van der Waals surface area contributed by atoms with E-state index in [2.05, 4.69) is 9.13 Å². The minimum absolute atomic E-state index is 0.0248. The van der Waals surface area contributed by atoms with Gasteiger partial charge in [-0.15, -0.1) is 0 Å². The van der Waals surface area contributed by atoms with Crippen molar-refractivity contribution in [3.05, 3.63) is 0 Å². The highest BCUT2D eigenvalue weighted by Crippen LogP contribution is 1.98. The van der Waals surface area contributed by atoms with Crippen LogP contribution in [0.1, 0.15) is 20.8 Å². The molecule has 0 rings (SSSR count). The van der Waals surface area contributed by atoms with Crippen LogP contribution in [0.15, 0.2) is 4.40 Å². The fraction of sp³-hybridized carbons (Fsp3) is 0.778. The average molecular weight is 249 g/mol. The fourth-order valence-corrected chi connectivity index (χ4v) is 1.87. The first-order valence-electron chi connectivity index (χ1n) is 5.12. The lowest BCUT2D eigenvalue weighted by molar-refractivity contribution is 0.163. The number of carbonyl (C=O) groups is 1. The number of nitrogens with two attached hydrogens (primary N) is 1. The molecule has 1 amide bonds. The summed E-state index contributed by atoms with van der Waals surface area (Å²) in [7, 11) is 0. The van der Waals surface area contributed by atoms with Gasteiger partial charge >= 0.3 is 6.09 Å². The number of carbonyl (C=O) groups excluding carboxylic acids is 1. The molecule has 0 aromatic rings. The highest BCUT2D eigenvalue weighted by atomic mass is 32.2. The van der Waals surface area contributed by atoms with Crippen molar-refractivity contribution in [1.29, 1.82) is 0 Å². The molecule has 0 fully saturated rings. The van der Waals surface area contributed by atoms with Crippen molar-refractivity contribution in [2.24, 2.45) is 10.1 Å². The molecule has 0 bridgehead atoms. The van der Waals surface area contributed by atoms with Gasteiger partial charge in [-0.3, -0.25) is 0 Å². The van der Waals surface area contributed by atoms with Crippen LogP contribution in [-0.4, -0.2) is 46.8 Å². The first-order valence-corrected chi connectivity index (χ1v) is 6.39. The Bertz CT molecular complexity index is 244. The molecule has 94 valence electrons. The lowest BCUT2D eigenvalue weighted by atomic mass is 10.5. The molecule has 1 atom stereocenters. The summed E-state index contributed by atoms with van der Waals surface area (Å²) in [5.74, 6) is 0.893. The Morgan fingerprint density at radius 1 is 1.50 bits per heavy atom. The van der Waals surface area contributed by atoms with Gasteiger partial charge < -0.3 is 19.9 Å². The lowest BCUT2D eigenvalue weighted by Gasteiger charge is -2.19. The lowest BCUT2D eigenvalue weighted by Crippen LogP contribution is -2.29. The van der Waals surface area contributed by atoms with Crippen LogP contribution in [0.5, 0.6) is 0 Å². The smallest absolute Gasteiger partial charge is 0.404 e. The Kier molecular flexibility index (Phi) is 7.74. The Morgan fingerprint density at radius 2 is 2.06 bits per heavy atom. The molecular weight excluding hydrogens is 230 g/mol. The van der Waals surface area contributed by atoms with E-state index in [1.54, 1.807) is 6.92 Å². The molecule has 6 nitrogen and oxygen atoms in total. The van der Waals surface area contributed by atoms with Gasteiger partial charge in [-0.2, -0.15) is 0 Å². The molecule has 0 aliphatic rings. The summed E-state index contributed by atoms with van der Waals surface area (Å²) in [6.07, 6.45) is -0.860. The predicted molar refractivity (Wildman–Crippen MR) is 64.6 cm³/mol. The number of primary amides is 1. The zero-order chi connectivity index (χ0) is 12.6. The monoisotopic (exact) mass is 249 g/mol. The van der Waals surface area contributed by atoms with Gasteiger partial charge in [-0.1, -0.05) is 0 Å². The molecule has 0 spiro atoms. The van der Waals surface area contributed by atoms with Crippen molar-refractivity contribution >= 4 is 23.3 Å². The van der Waals surface area contributed by atoms with Gasteiger partial charge in [0.05, 0.1) is 0 Å². The molecule has 0 aromatic carbocycles. The maximum absolute atomic E-state index is 11.4. The van der Waals surface area contributed by atoms with Gasteiger partial charge in [0.2, 0.25) is 0 Å². The SMILES string of the molecule is CCN(CC)C(C)=N[S+]([O-])CCOC(N)=O. The molecule has 0 heterocycles. The number of amidine groups is 1. The second kappa shape index (κ2) is 8.23. The largest absolute Gasteiger partial charge is 0.591 e. The third-order valence-corrected chi connectivity index (χ3v) is 2.94. The van der Waals surface area contributed by atoms with Crippen molar-refractivity contribution in [3.63, 3.8) is 0 Å². The van der Waals surface area contributed by atoms with Crippen LogP contribution in [0, 0.1) is 0 Å². The standard InChI is InChI=1S/C9H19N3O3S/c1-4-12(5-2)8(3)11-16(14)7-6-15-9(10)13/h4-7H2,1-3H3,(H2,10,13). The molecule has 0 aliphatic heterocycles. The van der Waals surface area contributed by atoms with Crippen LogP contribution in [-0.2, 0) is 16.1 Å². The Morgan fingerprint density at radius 3 is 2.50 bits per heavy atom. The molecule has 0 aliphatic carbocycles. The highest BCUT2D eigenvalue weighted by molar-refractivity contribution is 7.90. The maximum atomic E-state index is 11.4. The summed E-state index contributed by atoms with van der Waals surface area (Å²) in [6.45, 7) is 7.47. The fourth-order valence-electron chi connectivity index (χ4n) is 1.15. The zero-order valence-electron chi connectivity index (χ0n) is 9.93. The van der Waals surface area contributed by atoms with Crippen LogP contribution < -0.4 is 5.73 Å². The van der Waals surface area contributed by atoms with Gasteiger partial charge in [0, 0.05) is 13.1 Å². The Balaban J connectivity index is 4.03. The number of ether oxygens (including phenoxy) is 1. The van der Waals surface area contributed by atoms with Crippen molar-refractivity contribution in [3.8, 4) is 0 Å². The molecular formula is C9H19N3O3S. The summed E-state index contributed by atoms with van der Waals surface area (Å²) in [5.41, 5.74) is 4.77. The minimum atomic E-state index is -1.38. The van der Waals surface area contributed by atoms with Gasteiger partial charge in [-0.25, -0.2) is 4.79 Å². The van der Waals surface area contributed by atoms with E-state index in [0.717, 1.165) is 18.9 Å². The van der Waals surface area contributed by atoms with E-state index < -0.39 is 17.5 Å². The first kappa shape index (κ1) is 15.0. The van der Waals surface area contributed by atoms with Crippen LogP contribution in [0.3, 0.4) is 0 Å². The number of hydrogen-bond acceptors (Lipinski definition) is 4. The maximum Gasteiger partial charge on any atom is 0.404 e. The molecule has 1 unspecified atom stereocenters. The van der Waals surface area contributed by atoms with Gasteiger partial charge in [-0.05, 0) is 25.2 Å². The first-order chi connectivity index (χ1) is 7.51. The van der Waals surface area contributed by atoms with E-state index in [9.17, 15) is 9.35 Å². The summed E-state index contributed by atoms with van der Waals surface area (Å²) in [5, 5.41) is 0. The predicted octanol–water partition coefficient (Wildman–Crippen LogP) is 0.506. The molecule has 0 aromatic heterocycles. The quantitative estimate of drug-likeness (QED) is 0.421. The van der Waals surface area contributed by atoms with E-state index in [-0.39, 0.29) is 12.4 Å². The Labute approximate surface area is 99.2 Å². The number of nitrogens with zero attached hydrogens (tertiary/aromatic N) is 2. The third-order valence-electron chi connectivity index (χ3n) is 1.96. The normalized spacial score (nSPS) is 13.4. The van der Waals surface area contributed by atoms with E-state index in [1.807, 2.05) is 18.7 Å². The van der Waals surface area contributed by atoms with Crippen LogP contribution in [0.2, 0.25) is 0 Å². The van der Waals surface area contributed by atoms with Crippen molar-refractivity contribution in [2.75, 3.05) is 25.4 Å². The number of amides is 1. The van der Waals surface area contributed by atoms with Crippen LogP contribution in [0.25, 0.3) is 0 Å². The van der Waals surface area contributed by atoms with Gasteiger partial charge in [0.15, 0.2) is 11.6 Å². The van der Waals surface area contributed by atoms with E-state index in [1.165, 1.54) is 0 Å². The van der Waals surface area contributed by atoms with E-state index in [4.69, 9.17) is 5.73 Å². The minimum Gasteiger partial charge on any atom is -0.591 e. The zero-order valence-corrected chi connectivity index (χ0v) is 10.7. The van der Waals surface area contributed by atoms with Crippen molar-refractivity contribution in [1.82, 2.24) is 4.90 Å². The van der Waals surface area contributed by atoms with Gasteiger partial charge in [0.25, 0.3) is 0 Å². The third kappa shape index (κ3) is 6.52. The molecule has 16 heavy (non-hydrogen) atoms. The van der Waals surface area contributed by atoms with E-state index >= 15 is 0 Å². The van der Waals surface area contributed by atoms with Crippen molar-refractivity contribution in [2.45, 2.75) is 20.8 Å². The molecule has 0 radical (unpaired) electrons. The van der Waals surface area contributed by atoms with Crippen molar-refractivity contribution < 1.29 is 14.1 Å². The highest BCUT2D eigenvalue weighted by Gasteiger charge is 2.10. The summed E-state index contributed by atoms with van der Waals surface area (Å²) >= 11 is -1.38. The molecule has 2 N–H and O–H groups in total. The number of rotatable bonds is 6. The van der Waals surface area contributed by atoms with Gasteiger partial charge in [0.1, 0.15) is 18.0 Å². The molecule has 0 saturated heterocycles.